The fraction of sp³-hybridized carbons (Fsp3) is 0.741. The van der Waals surface area contributed by atoms with Crippen molar-refractivity contribution in [3.63, 3.8) is 0 Å². The first kappa shape index (κ1) is 31.7. The van der Waals surface area contributed by atoms with Crippen LogP contribution in [0.2, 0.25) is 0 Å². The Kier molecular flexibility index (Phi) is 12.2. The summed E-state index contributed by atoms with van der Waals surface area (Å²) in [6, 6.07) is 0. The average molecular weight is 515 g/mol. The maximum atomic E-state index is 13.5. The predicted octanol–water partition coefficient (Wildman–Crippen LogP) is 6.20. The Hall–Kier alpha value is -2.34. The van der Waals surface area contributed by atoms with Gasteiger partial charge in [0.2, 0.25) is 5.78 Å². The molecular formula is C27H41F3N2O4. The average Bonchev–Trinajstić information content (AvgIpc) is 3.14. The second-order valence-electron chi connectivity index (χ2n) is 11.2. The Balaban J connectivity index is 3.06. The van der Waals surface area contributed by atoms with Gasteiger partial charge in [-0.1, -0.05) is 40.0 Å². The van der Waals surface area contributed by atoms with Crippen LogP contribution in [0.15, 0.2) is 6.20 Å². The third-order valence-electron chi connectivity index (χ3n) is 5.13. The molecule has 0 N–H and O–H groups in total. The number of aromatic nitrogens is 2. The van der Waals surface area contributed by atoms with Crippen molar-refractivity contribution >= 4 is 11.8 Å². The topological polar surface area (TPSA) is 70.4 Å². The lowest BCUT2D eigenvalue weighted by Crippen LogP contribution is -2.27. The summed E-state index contributed by atoms with van der Waals surface area (Å²) in [5.41, 5.74) is -2.28. The molecule has 0 bridgehead atoms. The Morgan fingerprint density at radius 3 is 2.28 bits per heavy atom. The largest absolute Gasteiger partial charge is 0.460 e. The highest BCUT2D eigenvalue weighted by Crippen LogP contribution is 2.31. The quantitative estimate of drug-likeness (QED) is 0.189. The number of halogens is 3. The first-order valence-corrected chi connectivity index (χ1v) is 12.5. The Labute approximate surface area is 213 Å². The highest BCUT2D eigenvalue weighted by molar-refractivity contribution is 5.99. The summed E-state index contributed by atoms with van der Waals surface area (Å²) in [7, 11) is 0. The van der Waals surface area contributed by atoms with E-state index in [0.717, 1.165) is 12.8 Å². The van der Waals surface area contributed by atoms with Gasteiger partial charge in [0.1, 0.15) is 5.60 Å². The van der Waals surface area contributed by atoms with Crippen LogP contribution in [0, 0.1) is 23.2 Å². The molecule has 0 aromatic carbocycles. The lowest BCUT2D eigenvalue weighted by Gasteiger charge is -2.21. The van der Waals surface area contributed by atoms with Crippen LogP contribution in [-0.4, -0.2) is 40.3 Å². The third-order valence-corrected chi connectivity index (χ3v) is 5.13. The van der Waals surface area contributed by atoms with Crippen LogP contribution in [-0.2, 0) is 31.8 Å². The van der Waals surface area contributed by atoms with Crippen molar-refractivity contribution in [2.24, 2.45) is 11.3 Å². The van der Waals surface area contributed by atoms with Crippen LogP contribution in [0.5, 0.6) is 0 Å². The van der Waals surface area contributed by atoms with Gasteiger partial charge in [-0.2, -0.15) is 18.3 Å². The number of carbonyl (C=O) groups excluding carboxylic acids is 2. The van der Waals surface area contributed by atoms with Gasteiger partial charge in [-0.15, -0.1) is 0 Å². The third kappa shape index (κ3) is 13.1. The van der Waals surface area contributed by atoms with Crippen LogP contribution in [0.4, 0.5) is 13.2 Å². The molecule has 6 nitrogen and oxygen atoms in total. The number of alkyl halides is 3. The second-order valence-corrected chi connectivity index (χ2v) is 11.2. The molecule has 1 heterocycles. The SMILES string of the molecule is CCCCOCCC[C@@H](CC(=O)OC(C)(C)C)C(=O)C#Cc1cn(CCC(C)(C)C)nc1C(F)(F)F. The first-order valence-electron chi connectivity index (χ1n) is 12.5. The molecule has 36 heavy (non-hydrogen) atoms. The maximum Gasteiger partial charge on any atom is 0.436 e. The number of nitrogens with zero attached hydrogens (tertiary/aromatic N) is 2. The van der Waals surface area contributed by atoms with E-state index in [2.05, 4.69) is 23.9 Å². The highest BCUT2D eigenvalue weighted by atomic mass is 19.4. The number of hydrogen-bond donors (Lipinski definition) is 0. The van der Waals surface area contributed by atoms with Gasteiger partial charge in [0.05, 0.1) is 12.0 Å². The van der Waals surface area contributed by atoms with Gasteiger partial charge in [-0.25, -0.2) is 0 Å². The highest BCUT2D eigenvalue weighted by Gasteiger charge is 2.37. The fourth-order valence-corrected chi connectivity index (χ4v) is 3.21. The van der Waals surface area contributed by atoms with Gasteiger partial charge in [0.15, 0.2) is 5.69 Å². The molecule has 9 heteroatoms. The van der Waals surface area contributed by atoms with Crippen molar-refractivity contribution in [3.05, 3.63) is 17.5 Å². The minimum absolute atomic E-state index is 0.0821. The summed E-state index contributed by atoms with van der Waals surface area (Å²) in [6.07, 6.45) is -0.296. The second kappa shape index (κ2) is 13.8. The number of Topliss-reactive ketones (excluding diaryl/α,β-unsaturated/α-hetero) is 1. The Bertz CT molecular complexity index is 913. The van der Waals surface area contributed by atoms with Crippen molar-refractivity contribution in [3.8, 4) is 11.8 Å². The monoisotopic (exact) mass is 514 g/mol. The van der Waals surface area contributed by atoms with Crippen LogP contribution in [0.25, 0.3) is 0 Å². The number of rotatable bonds is 12. The van der Waals surface area contributed by atoms with Gasteiger partial charge in [-0.05, 0) is 57.8 Å². The minimum Gasteiger partial charge on any atom is -0.460 e. The number of aryl methyl sites for hydroxylation is 1. The lowest BCUT2D eigenvalue weighted by atomic mass is 9.92. The van der Waals surface area contributed by atoms with E-state index < -0.39 is 35.1 Å². The molecule has 0 amide bonds. The van der Waals surface area contributed by atoms with Crippen LogP contribution >= 0.6 is 0 Å². The molecule has 0 aliphatic heterocycles. The number of ketones is 1. The van der Waals surface area contributed by atoms with Crippen LogP contribution in [0.1, 0.15) is 98.2 Å². The summed E-state index contributed by atoms with van der Waals surface area (Å²) in [6.45, 7) is 14.5. The van der Waals surface area contributed by atoms with E-state index in [-0.39, 0.29) is 17.4 Å². The molecular weight excluding hydrogens is 473 g/mol. The number of ether oxygens (including phenoxy) is 2. The van der Waals surface area contributed by atoms with Crippen LogP contribution < -0.4 is 0 Å². The van der Waals surface area contributed by atoms with Gasteiger partial charge in [0.25, 0.3) is 0 Å². The molecule has 1 aromatic rings. The Morgan fingerprint density at radius 2 is 1.72 bits per heavy atom. The van der Waals surface area contributed by atoms with Gasteiger partial charge in [0, 0.05) is 31.9 Å². The molecule has 204 valence electrons. The van der Waals surface area contributed by atoms with E-state index in [1.807, 2.05) is 20.8 Å². The first-order chi connectivity index (χ1) is 16.5. The summed E-state index contributed by atoms with van der Waals surface area (Å²) >= 11 is 0. The normalized spacial score (nSPS) is 13.2. The summed E-state index contributed by atoms with van der Waals surface area (Å²) in [4.78, 5) is 25.2. The van der Waals surface area contributed by atoms with E-state index in [9.17, 15) is 22.8 Å². The van der Waals surface area contributed by atoms with E-state index in [1.54, 1.807) is 20.8 Å². The zero-order valence-electron chi connectivity index (χ0n) is 22.7. The maximum absolute atomic E-state index is 13.5. The van der Waals surface area contributed by atoms with Gasteiger partial charge >= 0.3 is 12.1 Å². The van der Waals surface area contributed by atoms with Crippen molar-refractivity contribution in [1.29, 1.82) is 0 Å². The number of carbonyl (C=O) groups is 2. The molecule has 0 saturated carbocycles. The zero-order valence-corrected chi connectivity index (χ0v) is 22.7. The molecule has 1 atom stereocenters. The van der Waals surface area contributed by atoms with Gasteiger partial charge < -0.3 is 9.47 Å². The summed E-state index contributed by atoms with van der Waals surface area (Å²) in [5, 5.41) is 3.67. The van der Waals surface area contributed by atoms with Crippen molar-refractivity contribution in [2.75, 3.05) is 13.2 Å². The molecule has 0 spiro atoms. The zero-order chi connectivity index (χ0) is 27.6. The molecule has 0 aliphatic rings. The van der Waals surface area contributed by atoms with Crippen molar-refractivity contribution < 1.29 is 32.2 Å². The van der Waals surface area contributed by atoms with E-state index in [4.69, 9.17) is 9.47 Å². The van der Waals surface area contributed by atoms with E-state index >= 15 is 0 Å². The summed E-state index contributed by atoms with van der Waals surface area (Å²) < 4.78 is 52.7. The molecule has 1 aromatic heterocycles. The van der Waals surface area contributed by atoms with Crippen molar-refractivity contribution in [2.45, 2.75) is 105 Å². The lowest BCUT2D eigenvalue weighted by molar-refractivity contribution is -0.157. The van der Waals surface area contributed by atoms with Crippen LogP contribution in [0.3, 0.4) is 0 Å². The van der Waals surface area contributed by atoms with E-state index in [1.165, 1.54) is 10.9 Å². The van der Waals surface area contributed by atoms with E-state index in [0.29, 0.717) is 39.0 Å². The minimum atomic E-state index is -4.70. The number of esters is 1. The number of hydrogen-bond acceptors (Lipinski definition) is 5. The molecule has 1 rings (SSSR count). The number of unbranched alkanes of at least 4 members (excludes halogenated alkanes) is 1. The van der Waals surface area contributed by atoms with Gasteiger partial charge in [-0.3, -0.25) is 14.3 Å². The molecule has 0 unspecified atom stereocenters. The Morgan fingerprint density at radius 1 is 1.08 bits per heavy atom. The standard InChI is InChI=1S/C27H41F3N2O4/c1-8-9-16-35-17-10-11-20(18-23(34)36-26(5,6)7)22(33)13-12-21-19-32(15-14-25(2,3)4)31-24(21)27(28,29)30/h19-20H,8-11,14-18H2,1-7H3/t20-/m0/s1. The summed E-state index contributed by atoms with van der Waals surface area (Å²) in [5.74, 6) is 2.75. The predicted molar refractivity (Wildman–Crippen MR) is 132 cm³/mol. The smallest absolute Gasteiger partial charge is 0.436 e. The molecule has 0 fully saturated rings. The fourth-order valence-electron chi connectivity index (χ4n) is 3.21. The van der Waals surface area contributed by atoms with Crippen molar-refractivity contribution in [1.82, 2.24) is 9.78 Å². The molecule has 0 radical (unpaired) electrons. The molecule has 0 aliphatic carbocycles. The molecule has 0 saturated heterocycles.